The fourth-order valence-corrected chi connectivity index (χ4v) is 4.08. The smallest absolute Gasteiger partial charge is 0.321 e. The van der Waals surface area contributed by atoms with E-state index in [1.165, 1.54) is 0 Å². The van der Waals surface area contributed by atoms with E-state index in [4.69, 9.17) is 4.74 Å². The number of benzene rings is 3. The summed E-state index contributed by atoms with van der Waals surface area (Å²) in [4.78, 5) is 25.1. The maximum absolute atomic E-state index is 12.8. The summed E-state index contributed by atoms with van der Waals surface area (Å²) in [5.41, 5.74) is 3.42. The molecule has 1 N–H and O–H groups in total. The van der Waals surface area contributed by atoms with Crippen LogP contribution in [-0.4, -0.2) is 28.2 Å². The van der Waals surface area contributed by atoms with Crippen LogP contribution in [0.15, 0.2) is 91.1 Å². The number of carbonyl (C=O) groups excluding carboxylic acids is 1. The highest BCUT2D eigenvalue weighted by molar-refractivity contribution is 5.97. The second-order valence-corrected chi connectivity index (χ2v) is 7.26. The average molecular weight is 413 g/mol. The normalized spacial score (nSPS) is 12.9. The summed E-state index contributed by atoms with van der Waals surface area (Å²) in [7, 11) is 0. The van der Waals surface area contributed by atoms with E-state index < -0.39 is 23.8 Å². The number of rotatable bonds is 7. The Hall–Kier alpha value is -3.86. The Labute approximate surface area is 180 Å². The highest BCUT2D eigenvalue weighted by Crippen LogP contribution is 2.39. The minimum atomic E-state index is -1.36. The zero-order chi connectivity index (χ0) is 21.8. The van der Waals surface area contributed by atoms with E-state index in [9.17, 15) is 14.7 Å². The highest BCUT2D eigenvalue weighted by Gasteiger charge is 2.39. The average Bonchev–Trinajstić information content (AvgIpc) is 3.18. The van der Waals surface area contributed by atoms with E-state index in [1.807, 2.05) is 95.7 Å². The molecule has 0 saturated heterocycles. The molecule has 0 fully saturated rings. The van der Waals surface area contributed by atoms with Crippen LogP contribution in [0.3, 0.4) is 0 Å². The van der Waals surface area contributed by atoms with Gasteiger partial charge in [-0.25, -0.2) is 0 Å². The first-order chi connectivity index (χ1) is 15.1. The first-order valence-corrected chi connectivity index (χ1v) is 10.2. The molecule has 0 spiro atoms. The molecule has 5 nitrogen and oxygen atoms in total. The molecule has 2 unspecified atom stereocenters. The molecule has 31 heavy (non-hydrogen) atoms. The van der Waals surface area contributed by atoms with Crippen LogP contribution in [0.1, 0.15) is 24.0 Å². The molecule has 0 amide bonds. The molecule has 0 saturated carbocycles. The van der Waals surface area contributed by atoms with Crippen molar-refractivity contribution in [1.82, 2.24) is 4.57 Å². The Balaban J connectivity index is 1.98. The van der Waals surface area contributed by atoms with Crippen LogP contribution >= 0.6 is 0 Å². The lowest BCUT2D eigenvalue weighted by Crippen LogP contribution is -2.32. The summed E-state index contributed by atoms with van der Waals surface area (Å²) in [6, 6.07) is 27.0. The van der Waals surface area contributed by atoms with Gasteiger partial charge in [-0.1, -0.05) is 66.7 Å². The van der Waals surface area contributed by atoms with Gasteiger partial charge in [-0.3, -0.25) is 9.59 Å². The van der Waals surface area contributed by atoms with Crippen molar-refractivity contribution in [2.24, 2.45) is 5.92 Å². The lowest BCUT2D eigenvalue weighted by Gasteiger charge is -2.23. The summed E-state index contributed by atoms with van der Waals surface area (Å²) in [6.07, 6.45) is 1.94. The van der Waals surface area contributed by atoms with Gasteiger partial charge in [0, 0.05) is 23.2 Å². The topological polar surface area (TPSA) is 68.5 Å². The molecule has 0 radical (unpaired) electrons. The Bertz CT molecular complexity index is 1200. The standard InChI is InChI=1S/C26H23NO4/c1-2-31-26(30)24(25(28)29)23(18-11-5-3-6-12-18)21-17-27(19-13-7-4-8-14-19)22-16-10-9-15-20(21)22/h3-17,23-24H,2H2,1H3,(H,28,29). The number of aromatic nitrogens is 1. The maximum atomic E-state index is 12.8. The minimum absolute atomic E-state index is 0.121. The highest BCUT2D eigenvalue weighted by atomic mass is 16.5. The van der Waals surface area contributed by atoms with E-state index in [0.29, 0.717) is 0 Å². The molecule has 156 valence electrons. The van der Waals surface area contributed by atoms with Gasteiger partial charge in [0.1, 0.15) is 0 Å². The van der Waals surface area contributed by atoms with Crippen LogP contribution in [0.2, 0.25) is 0 Å². The van der Waals surface area contributed by atoms with Crippen molar-refractivity contribution in [3.8, 4) is 5.69 Å². The predicted octanol–water partition coefficient (Wildman–Crippen LogP) is 5.03. The molecular weight excluding hydrogens is 390 g/mol. The monoisotopic (exact) mass is 413 g/mol. The van der Waals surface area contributed by atoms with E-state index >= 15 is 0 Å². The second-order valence-electron chi connectivity index (χ2n) is 7.26. The third-order valence-corrected chi connectivity index (χ3v) is 5.41. The Morgan fingerprint density at radius 1 is 0.903 bits per heavy atom. The van der Waals surface area contributed by atoms with Crippen LogP contribution in [0.5, 0.6) is 0 Å². The number of para-hydroxylation sites is 2. The van der Waals surface area contributed by atoms with Gasteiger partial charge >= 0.3 is 11.9 Å². The van der Waals surface area contributed by atoms with Crippen LogP contribution in [0, 0.1) is 5.92 Å². The number of carboxylic acids is 1. The second kappa shape index (κ2) is 8.88. The SMILES string of the molecule is CCOC(=O)C(C(=O)O)C(c1ccccc1)c1cn(-c2ccccc2)c2ccccc12. The predicted molar refractivity (Wildman–Crippen MR) is 119 cm³/mol. The van der Waals surface area contributed by atoms with Crippen molar-refractivity contribution in [3.05, 3.63) is 102 Å². The van der Waals surface area contributed by atoms with E-state index in [1.54, 1.807) is 6.92 Å². The van der Waals surface area contributed by atoms with Crippen molar-refractivity contribution in [2.45, 2.75) is 12.8 Å². The molecule has 2 atom stereocenters. The summed E-state index contributed by atoms with van der Waals surface area (Å²) >= 11 is 0. The molecule has 4 aromatic rings. The Kier molecular flexibility index (Phi) is 5.85. The molecule has 1 aromatic heterocycles. The number of fused-ring (bicyclic) bond motifs is 1. The number of aliphatic carboxylic acids is 1. The van der Waals surface area contributed by atoms with Crippen molar-refractivity contribution >= 4 is 22.8 Å². The molecule has 3 aromatic carbocycles. The van der Waals surface area contributed by atoms with Gasteiger partial charge in [0.05, 0.1) is 12.1 Å². The van der Waals surface area contributed by atoms with Gasteiger partial charge in [-0.05, 0) is 36.2 Å². The molecule has 5 heteroatoms. The van der Waals surface area contributed by atoms with Crippen LogP contribution in [0.4, 0.5) is 0 Å². The molecule has 0 aliphatic rings. The van der Waals surface area contributed by atoms with Crippen LogP contribution < -0.4 is 0 Å². The third-order valence-electron chi connectivity index (χ3n) is 5.41. The molecule has 0 aliphatic heterocycles. The molecule has 1 heterocycles. The maximum Gasteiger partial charge on any atom is 0.321 e. The summed E-state index contributed by atoms with van der Waals surface area (Å²) in [5.74, 6) is -4.01. The number of hydrogen-bond donors (Lipinski definition) is 1. The zero-order valence-electron chi connectivity index (χ0n) is 17.1. The van der Waals surface area contributed by atoms with Crippen molar-refractivity contribution in [2.75, 3.05) is 6.61 Å². The van der Waals surface area contributed by atoms with Gasteiger partial charge in [-0.15, -0.1) is 0 Å². The molecular formula is C26H23NO4. The molecule has 4 rings (SSSR count). The number of hydrogen-bond acceptors (Lipinski definition) is 3. The van der Waals surface area contributed by atoms with Crippen molar-refractivity contribution in [1.29, 1.82) is 0 Å². The fourth-order valence-electron chi connectivity index (χ4n) is 4.08. The van der Waals surface area contributed by atoms with Crippen molar-refractivity contribution in [3.63, 3.8) is 0 Å². The van der Waals surface area contributed by atoms with Gasteiger partial charge in [0.15, 0.2) is 5.92 Å². The Morgan fingerprint density at radius 2 is 1.52 bits per heavy atom. The van der Waals surface area contributed by atoms with Gasteiger partial charge in [-0.2, -0.15) is 0 Å². The summed E-state index contributed by atoms with van der Waals surface area (Å²) < 4.78 is 7.20. The van der Waals surface area contributed by atoms with E-state index in [2.05, 4.69) is 0 Å². The number of ether oxygens (including phenoxy) is 1. The number of carboxylic acid groups (broad SMARTS) is 1. The van der Waals surface area contributed by atoms with Crippen LogP contribution in [0.25, 0.3) is 16.6 Å². The summed E-state index contributed by atoms with van der Waals surface area (Å²) in [5, 5.41) is 11.0. The Morgan fingerprint density at radius 3 is 2.16 bits per heavy atom. The molecule has 0 aliphatic carbocycles. The van der Waals surface area contributed by atoms with Crippen LogP contribution in [-0.2, 0) is 14.3 Å². The number of esters is 1. The van der Waals surface area contributed by atoms with Crippen molar-refractivity contribution < 1.29 is 19.4 Å². The van der Waals surface area contributed by atoms with E-state index in [0.717, 1.165) is 27.7 Å². The van der Waals surface area contributed by atoms with E-state index in [-0.39, 0.29) is 6.61 Å². The third kappa shape index (κ3) is 3.94. The van der Waals surface area contributed by atoms with Gasteiger partial charge < -0.3 is 14.4 Å². The number of nitrogens with zero attached hydrogens (tertiary/aromatic N) is 1. The number of carbonyl (C=O) groups is 2. The zero-order valence-corrected chi connectivity index (χ0v) is 17.1. The van der Waals surface area contributed by atoms with Gasteiger partial charge in [0.2, 0.25) is 0 Å². The quantitative estimate of drug-likeness (QED) is 0.341. The minimum Gasteiger partial charge on any atom is -0.481 e. The first-order valence-electron chi connectivity index (χ1n) is 10.2. The molecule has 0 bridgehead atoms. The largest absolute Gasteiger partial charge is 0.481 e. The van der Waals surface area contributed by atoms with Gasteiger partial charge in [0.25, 0.3) is 0 Å². The lowest BCUT2D eigenvalue weighted by atomic mass is 9.80. The summed E-state index contributed by atoms with van der Waals surface area (Å²) in [6.45, 7) is 1.80. The lowest BCUT2D eigenvalue weighted by molar-refractivity contribution is -0.159. The first kappa shape index (κ1) is 20.4. The fraction of sp³-hybridized carbons (Fsp3) is 0.154.